The van der Waals surface area contributed by atoms with E-state index < -0.39 is 5.97 Å². The van der Waals surface area contributed by atoms with Gasteiger partial charge in [0.15, 0.2) is 0 Å². The molecule has 29 heavy (non-hydrogen) atoms. The van der Waals surface area contributed by atoms with Crippen molar-refractivity contribution in [3.63, 3.8) is 0 Å². The Hall–Kier alpha value is -1.57. The number of rotatable bonds is 19. The van der Waals surface area contributed by atoms with E-state index in [1.165, 1.54) is 114 Å². The molecule has 0 amide bonds. The van der Waals surface area contributed by atoms with Crippen LogP contribution in [0.2, 0.25) is 0 Å². The molecule has 0 aliphatic heterocycles. The summed E-state index contributed by atoms with van der Waals surface area (Å²) in [6.07, 6.45) is 24.7. The van der Waals surface area contributed by atoms with Gasteiger partial charge in [-0.2, -0.15) is 0 Å². The van der Waals surface area contributed by atoms with Crippen molar-refractivity contribution in [3.05, 3.63) is 42.5 Å². The van der Waals surface area contributed by atoms with Gasteiger partial charge >= 0.3 is 5.97 Å². The molecule has 0 N–H and O–H groups in total. The predicted octanol–water partition coefficient (Wildman–Crippen LogP) is 8.58. The number of ether oxygens (including phenoxy) is 1. The third kappa shape index (κ3) is 15.0. The molecule has 0 spiro atoms. The van der Waals surface area contributed by atoms with Gasteiger partial charge in [0.25, 0.3) is 0 Å². The van der Waals surface area contributed by atoms with Crippen molar-refractivity contribution < 1.29 is 9.53 Å². The fourth-order valence-electron chi connectivity index (χ4n) is 3.76. The Kier molecular flexibility index (Phi) is 16.2. The lowest BCUT2D eigenvalue weighted by Crippen LogP contribution is -2.02. The molecule has 1 aromatic rings. The standard InChI is InChI=1S/C27H44O2/c1-3-5-6-7-8-9-10-11-12-13-14-15-16-17-18-19-20-25-21-23-26(24-22-25)29-27(28)4-2/h4,21-24H,2-3,5-20H2,1H3. The smallest absolute Gasteiger partial charge is 0.335 e. The molecule has 0 aliphatic carbocycles. The molecule has 2 nitrogen and oxygen atoms in total. The van der Waals surface area contributed by atoms with Crippen LogP contribution in [0.1, 0.15) is 115 Å². The first-order valence-corrected chi connectivity index (χ1v) is 12.2. The molecule has 0 fully saturated rings. The molecule has 164 valence electrons. The van der Waals surface area contributed by atoms with Gasteiger partial charge < -0.3 is 4.74 Å². The summed E-state index contributed by atoms with van der Waals surface area (Å²) < 4.78 is 5.10. The van der Waals surface area contributed by atoms with Crippen LogP contribution in [0.3, 0.4) is 0 Å². The minimum absolute atomic E-state index is 0.407. The fourth-order valence-corrected chi connectivity index (χ4v) is 3.76. The van der Waals surface area contributed by atoms with E-state index in [0.717, 1.165) is 6.42 Å². The van der Waals surface area contributed by atoms with E-state index in [4.69, 9.17) is 4.74 Å². The summed E-state index contributed by atoms with van der Waals surface area (Å²) in [7, 11) is 0. The Morgan fingerprint density at radius 2 is 1.14 bits per heavy atom. The van der Waals surface area contributed by atoms with Gasteiger partial charge in [-0.3, -0.25) is 0 Å². The van der Waals surface area contributed by atoms with Crippen molar-refractivity contribution in [2.75, 3.05) is 0 Å². The van der Waals surface area contributed by atoms with Crippen molar-refractivity contribution in [1.29, 1.82) is 0 Å². The molecule has 1 aromatic carbocycles. The molecule has 0 bridgehead atoms. The largest absolute Gasteiger partial charge is 0.423 e. The zero-order chi connectivity index (χ0) is 21.0. The van der Waals surface area contributed by atoms with Crippen LogP contribution in [-0.4, -0.2) is 5.97 Å². The van der Waals surface area contributed by atoms with Gasteiger partial charge in [-0.1, -0.05) is 122 Å². The third-order valence-corrected chi connectivity index (χ3v) is 5.63. The quantitative estimate of drug-likeness (QED) is 0.101. The highest BCUT2D eigenvalue weighted by molar-refractivity contribution is 5.83. The Morgan fingerprint density at radius 3 is 1.55 bits per heavy atom. The van der Waals surface area contributed by atoms with Gasteiger partial charge in [-0.25, -0.2) is 4.79 Å². The SMILES string of the molecule is C=CC(=O)Oc1ccc(CCCCCCCCCCCCCCCCCC)cc1. The van der Waals surface area contributed by atoms with Gasteiger partial charge in [0, 0.05) is 6.08 Å². The van der Waals surface area contributed by atoms with Gasteiger partial charge in [0.05, 0.1) is 0 Å². The second kappa shape index (κ2) is 18.5. The topological polar surface area (TPSA) is 26.3 Å². The van der Waals surface area contributed by atoms with Crippen molar-refractivity contribution in [2.45, 2.75) is 116 Å². The normalized spacial score (nSPS) is 10.8. The van der Waals surface area contributed by atoms with Crippen LogP contribution in [0.25, 0.3) is 0 Å². The maximum Gasteiger partial charge on any atom is 0.335 e. The highest BCUT2D eigenvalue weighted by Gasteiger charge is 2.00. The van der Waals surface area contributed by atoms with Crippen LogP contribution in [0.4, 0.5) is 0 Å². The predicted molar refractivity (Wildman–Crippen MR) is 126 cm³/mol. The maximum absolute atomic E-state index is 11.2. The minimum atomic E-state index is -0.407. The zero-order valence-corrected chi connectivity index (χ0v) is 18.9. The lowest BCUT2D eigenvalue weighted by atomic mass is 10.0. The molecule has 0 unspecified atom stereocenters. The summed E-state index contributed by atoms with van der Waals surface area (Å²) in [5, 5.41) is 0. The van der Waals surface area contributed by atoms with E-state index in [1.54, 1.807) is 0 Å². The molecule has 2 heteroatoms. The summed E-state index contributed by atoms with van der Waals surface area (Å²) >= 11 is 0. The molecule has 0 heterocycles. The minimum Gasteiger partial charge on any atom is -0.423 e. The zero-order valence-electron chi connectivity index (χ0n) is 18.9. The van der Waals surface area contributed by atoms with Gasteiger partial charge in [0.1, 0.15) is 5.75 Å². The first-order chi connectivity index (χ1) is 14.3. The fraction of sp³-hybridized carbons (Fsp3) is 0.667. The Morgan fingerprint density at radius 1 is 0.724 bits per heavy atom. The maximum atomic E-state index is 11.2. The highest BCUT2D eigenvalue weighted by Crippen LogP contribution is 2.16. The molecule has 1 rings (SSSR count). The second-order valence-corrected chi connectivity index (χ2v) is 8.32. The Bertz CT molecular complexity index is 518. The van der Waals surface area contributed by atoms with Gasteiger partial charge in [-0.05, 0) is 30.5 Å². The first-order valence-electron chi connectivity index (χ1n) is 12.2. The molecule has 0 aliphatic rings. The lowest BCUT2D eigenvalue weighted by Gasteiger charge is -2.05. The van der Waals surface area contributed by atoms with Crippen LogP contribution in [0.15, 0.2) is 36.9 Å². The number of esters is 1. The summed E-state index contributed by atoms with van der Waals surface area (Å²) in [6, 6.07) is 7.83. The van der Waals surface area contributed by atoms with Crippen molar-refractivity contribution >= 4 is 5.97 Å². The number of aryl methyl sites for hydroxylation is 1. The number of benzene rings is 1. The van der Waals surface area contributed by atoms with Crippen LogP contribution < -0.4 is 4.74 Å². The molecule has 0 atom stereocenters. The second-order valence-electron chi connectivity index (χ2n) is 8.32. The summed E-state index contributed by atoms with van der Waals surface area (Å²) in [4.78, 5) is 11.2. The number of hydrogen-bond acceptors (Lipinski definition) is 2. The number of unbranched alkanes of at least 4 members (excludes halogenated alkanes) is 15. The van der Waals surface area contributed by atoms with E-state index in [1.807, 2.05) is 12.1 Å². The molecule has 0 aromatic heterocycles. The average Bonchev–Trinajstić information content (AvgIpc) is 2.74. The number of hydrogen-bond donors (Lipinski definition) is 0. The molecular weight excluding hydrogens is 356 g/mol. The Labute approximate surface area is 180 Å². The summed E-state index contributed by atoms with van der Waals surface area (Å²) in [5.41, 5.74) is 1.31. The van der Waals surface area contributed by atoms with E-state index in [9.17, 15) is 4.79 Å². The lowest BCUT2D eigenvalue weighted by molar-refractivity contribution is -0.128. The van der Waals surface area contributed by atoms with E-state index in [2.05, 4.69) is 25.6 Å². The average molecular weight is 401 g/mol. The number of carbonyl (C=O) groups is 1. The molecule has 0 radical (unpaired) electrons. The number of carbonyl (C=O) groups excluding carboxylic acids is 1. The van der Waals surface area contributed by atoms with Crippen LogP contribution in [0.5, 0.6) is 5.75 Å². The van der Waals surface area contributed by atoms with Crippen LogP contribution in [-0.2, 0) is 11.2 Å². The third-order valence-electron chi connectivity index (χ3n) is 5.63. The van der Waals surface area contributed by atoms with E-state index >= 15 is 0 Å². The molecular formula is C27H44O2. The molecule has 0 saturated heterocycles. The van der Waals surface area contributed by atoms with Crippen molar-refractivity contribution in [1.82, 2.24) is 0 Å². The van der Waals surface area contributed by atoms with Crippen LogP contribution in [0, 0.1) is 0 Å². The molecule has 0 saturated carbocycles. The monoisotopic (exact) mass is 400 g/mol. The first kappa shape index (κ1) is 25.5. The van der Waals surface area contributed by atoms with E-state index in [-0.39, 0.29) is 0 Å². The summed E-state index contributed by atoms with van der Waals surface area (Å²) in [6.45, 7) is 5.69. The highest BCUT2D eigenvalue weighted by atomic mass is 16.5. The van der Waals surface area contributed by atoms with Gasteiger partial charge in [0.2, 0.25) is 0 Å². The van der Waals surface area contributed by atoms with E-state index in [0.29, 0.717) is 5.75 Å². The van der Waals surface area contributed by atoms with Gasteiger partial charge in [-0.15, -0.1) is 0 Å². The van der Waals surface area contributed by atoms with Crippen molar-refractivity contribution in [3.8, 4) is 5.75 Å². The van der Waals surface area contributed by atoms with Crippen LogP contribution >= 0.6 is 0 Å². The summed E-state index contributed by atoms with van der Waals surface area (Å²) in [5.74, 6) is 0.182. The Balaban J connectivity index is 1.85. The van der Waals surface area contributed by atoms with Crippen molar-refractivity contribution in [2.24, 2.45) is 0 Å².